The fourth-order valence-electron chi connectivity index (χ4n) is 3.83. The van der Waals surface area contributed by atoms with Crippen LogP contribution in [0.4, 0.5) is 13.2 Å². The predicted molar refractivity (Wildman–Crippen MR) is 110 cm³/mol. The van der Waals surface area contributed by atoms with E-state index in [2.05, 4.69) is 4.98 Å². The first-order chi connectivity index (χ1) is 15.2. The normalized spacial score (nSPS) is 15.2. The van der Waals surface area contributed by atoms with E-state index in [1.807, 2.05) is 24.3 Å². The number of piperidine rings is 1. The molecule has 1 saturated heterocycles. The molecule has 2 amide bonds. The van der Waals surface area contributed by atoms with Gasteiger partial charge in [-0.05, 0) is 30.3 Å². The highest BCUT2D eigenvalue weighted by Gasteiger charge is 2.33. The van der Waals surface area contributed by atoms with Crippen LogP contribution in [-0.2, 0) is 17.5 Å². The Kier molecular flexibility index (Phi) is 5.77. The van der Waals surface area contributed by atoms with Crippen molar-refractivity contribution in [3.63, 3.8) is 0 Å². The van der Waals surface area contributed by atoms with Crippen molar-refractivity contribution in [3.05, 3.63) is 60.0 Å². The van der Waals surface area contributed by atoms with Crippen molar-refractivity contribution in [3.8, 4) is 5.75 Å². The minimum Gasteiger partial charge on any atom is -0.490 e. The number of nitrogens with zero attached hydrogens (tertiary/aromatic N) is 3. The molecule has 1 fully saturated rings. The number of nitrogens with two attached hydrogens (primary N) is 1. The van der Waals surface area contributed by atoms with Crippen molar-refractivity contribution in [1.29, 1.82) is 0 Å². The average Bonchev–Trinajstić information content (AvgIpc) is 3.16. The van der Waals surface area contributed by atoms with Crippen LogP contribution in [-0.4, -0.2) is 45.5 Å². The van der Waals surface area contributed by atoms with E-state index in [0.29, 0.717) is 31.7 Å². The third kappa shape index (κ3) is 4.53. The minimum absolute atomic E-state index is 0.0757. The first-order valence-corrected chi connectivity index (χ1v) is 10.1. The Labute approximate surface area is 181 Å². The molecule has 168 valence electrons. The highest BCUT2D eigenvalue weighted by molar-refractivity contribution is 5.94. The van der Waals surface area contributed by atoms with E-state index < -0.39 is 17.8 Å². The van der Waals surface area contributed by atoms with Gasteiger partial charge in [0.15, 0.2) is 0 Å². The second-order valence-electron chi connectivity index (χ2n) is 7.64. The lowest BCUT2D eigenvalue weighted by Gasteiger charge is -2.32. The monoisotopic (exact) mass is 446 g/mol. The number of aromatic nitrogens is 2. The number of likely N-dealkylation sites (tertiary alicyclic amines) is 1. The lowest BCUT2D eigenvalue weighted by molar-refractivity contribution is -0.141. The molecule has 0 atom stereocenters. The van der Waals surface area contributed by atoms with E-state index in [0.717, 1.165) is 29.2 Å². The molecule has 10 heteroatoms. The predicted octanol–water partition coefficient (Wildman–Crippen LogP) is 3.22. The summed E-state index contributed by atoms with van der Waals surface area (Å²) >= 11 is 0. The standard InChI is InChI=1S/C22H21F3N4O3/c23-22(24,25)19-5-4-14(12-27-19)21(31)28-9-6-15(7-10-28)32-18-3-1-2-17-16(18)8-11-29(17)13-20(26)30/h1-5,8,11-12,15H,6-7,9-10,13H2,(H2,26,30). The van der Waals surface area contributed by atoms with E-state index in [4.69, 9.17) is 10.5 Å². The largest absolute Gasteiger partial charge is 0.490 e. The molecule has 0 aliphatic carbocycles. The van der Waals surface area contributed by atoms with E-state index >= 15 is 0 Å². The molecule has 0 radical (unpaired) electrons. The van der Waals surface area contributed by atoms with Crippen LogP contribution in [0, 0.1) is 0 Å². The molecule has 7 nitrogen and oxygen atoms in total. The van der Waals surface area contributed by atoms with Crippen molar-refractivity contribution in [1.82, 2.24) is 14.5 Å². The van der Waals surface area contributed by atoms with Gasteiger partial charge in [-0.25, -0.2) is 0 Å². The number of hydrogen-bond acceptors (Lipinski definition) is 4. The smallest absolute Gasteiger partial charge is 0.433 e. The number of fused-ring (bicyclic) bond motifs is 1. The molecule has 2 N–H and O–H groups in total. The molecular weight excluding hydrogens is 425 g/mol. The van der Waals surface area contributed by atoms with Crippen molar-refractivity contribution in [2.75, 3.05) is 13.1 Å². The van der Waals surface area contributed by atoms with Gasteiger partial charge < -0.3 is 19.9 Å². The SMILES string of the molecule is NC(=O)Cn1ccc2c(OC3CCN(C(=O)c4ccc(C(F)(F)F)nc4)CC3)cccc21. The van der Waals surface area contributed by atoms with Crippen LogP contribution in [0.3, 0.4) is 0 Å². The van der Waals surface area contributed by atoms with Crippen molar-refractivity contribution in [2.24, 2.45) is 5.73 Å². The van der Waals surface area contributed by atoms with Crippen LogP contribution < -0.4 is 10.5 Å². The molecular formula is C22H21F3N4O3. The first-order valence-electron chi connectivity index (χ1n) is 10.1. The van der Waals surface area contributed by atoms with Crippen LogP contribution in [0.1, 0.15) is 28.9 Å². The molecule has 3 aromatic rings. The third-order valence-electron chi connectivity index (χ3n) is 5.42. The first kappa shape index (κ1) is 21.7. The second-order valence-corrected chi connectivity index (χ2v) is 7.64. The Bertz CT molecular complexity index is 1130. The van der Waals surface area contributed by atoms with Gasteiger partial charge in [-0.1, -0.05) is 6.07 Å². The summed E-state index contributed by atoms with van der Waals surface area (Å²) in [6.45, 7) is 0.915. The molecule has 32 heavy (non-hydrogen) atoms. The second kappa shape index (κ2) is 8.52. The summed E-state index contributed by atoms with van der Waals surface area (Å²) in [5.74, 6) is -0.105. The molecule has 0 saturated carbocycles. The molecule has 1 aliphatic heterocycles. The Balaban J connectivity index is 1.38. The maximum atomic E-state index is 12.7. The van der Waals surface area contributed by atoms with Crippen LogP contribution >= 0.6 is 0 Å². The summed E-state index contributed by atoms with van der Waals surface area (Å²) in [5, 5.41) is 0.864. The van der Waals surface area contributed by atoms with Crippen LogP contribution in [0.2, 0.25) is 0 Å². The Hall–Kier alpha value is -3.56. The number of carbonyl (C=O) groups excluding carboxylic acids is 2. The quantitative estimate of drug-likeness (QED) is 0.652. The Morgan fingerprint density at radius 1 is 1.12 bits per heavy atom. The number of carbonyl (C=O) groups is 2. The van der Waals surface area contributed by atoms with Crippen molar-refractivity contribution in [2.45, 2.75) is 31.7 Å². The third-order valence-corrected chi connectivity index (χ3v) is 5.42. The maximum absolute atomic E-state index is 12.7. The number of hydrogen-bond donors (Lipinski definition) is 1. The zero-order valence-corrected chi connectivity index (χ0v) is 17.0. The number of ether oxygens (including phenoxy) is 1. The van der Waals surface area contributed by atoms with Gasteiger partial charge in [0.1, 0.15) is 24.1 Å². The Morgan fingerprint density at radius 2 is 1.88 bits per heavy atom. The van der Waals surface area contributed by atoms with E-state index in [9.17, 15) is 22.8 Å². The molecule has 0 bridgehead atoms. The van der Waals surface area contributed by atoms with E-state index in [1.165, 1.54) is 0 Å². The van der Waals surface area contributed by atoms with Crippen LogP contribution in [0.25, 0.3) is 10.9 Å². The van der Waals surface area contributed by atoms with Gasteiger partial charge in [0, 0.05) is 43.7 Å². The van der Waals surface area contributed by atoms with Gasteiger partial charge in [-0.15, -0.1) is 0 Å². The molecule has 3 heterocycles. The summed E-state index contributed by atoms with van der Waals surface area (Å²) in [4.78, 5) is 28.8. The molecule has 4 rings (SSSR count). The summed E-state index contributed by atoms with van der Waals surface area (Å²) in [6.07, 6.45) is -0.751. The molecule has 0 unspecified atom stereocenters. The summed E-state index contributed by atoms with van der Waals surface area (Å²) in [5.41, 5.74) is 5.22. The topological polar surface area (TPSA) is 90.5 Å². The number of primary amides is 1. The number of halogens is 3. The summed E-state index contributed by atoms with van der Waals surface area (Å²) < 4.78 is 45.9. The molecule has 2 aromatic heterocycles. The summed E-state index contributed by atoms with van der Waals surface area (Å²) in [6, 6.07) is 9.40. The van der Waals surface area contributed by atoms with Crippen LogP contribution in [0.5, 0.6) is 5.75 Å². The maximum Gasteiger partial charge on any atom is 0.433 e. The van der Waals surface area contributed by atoms with Gasteiger partial charge in [0.25, 0.3) is 5.91 Å². The number of rotatable bonds is 5. The lowest BCUT2D eigenvalue weighted by atomic mass is 10.1. The molecule has 1 aliphatic rings. The van der Waals surface area contributed by atoms with Crippen molar-refractivity contribution >= 4 is 22.7 Å². The van der Waals surface area contributed by atoms with Gasteiger partial charge in [-0.3, -0.25) is 14.6 Å². The zero-order valence-electron chi connectivity index (χ0n) is 17.0. The van der Waals surface area contributed by atoms with Gasteiger partial charge in [0.2, 0.25) is 5.91 Å². The van der Waals surface area contributed by atoms with Gasteiger partial charge in [-0.2, -0.15) is 13.2 Å². The zero-order chi connectivity index (χ0) is 22.9. The minimum atomic E-state index is -4.54. The van der Waals surface area contributed by atoms with E-state index in [-0.39, 0.29) is 24.1 Å². The van der Waals surface area contributed by atoms with Gasteiger partial charge in [0.05, 0.1) is 11.1 Å². The Morgan fingerprint density at radius 3 is 2.50 bits per heavy atom. The highest BCUT2D eigenvalue weighted by Crippen LogP contribution is 2.30. The number of benzene rings is 1. The highest BCUT2D eigenvalue weighted by atomic mass is 19.4. The average molecular weight is 446 g/mol. The van der Waals surface area contributed by atoms with Crippen molar-refractivity contribution < 1.29 is 27.5 Å². The van der Waals surface area contributed by atoms with Gasteiger partial charge >= 0.3 is 6.18 Å². The molecule has 1 aromatic carbocycles. The number of pyridine rings is 1. The number of amides is 2. The fourth-order valence-corrected chi connectivity index (χ4v) is 3.83. The lowest BCUT2D eigenvalue weighted by Crippen LogP contribution is -2.41. The van der Waals surface area contributed by atoms with Crippen LogP contribution in [0.15, 0.2) is 48.8 Å². The fraction of sp³-hybridized carbons (Fsp3) is 0.318. The molecule has 0 spiro atoms. The summed E-state index contributed by atoms with van der Waals surface area (Å²) in [7, 11) is 0. The number of alkyl halides is 3. The van der Waals surface area contributed by atoms with E-state index in [1.54, 1.807) is 15.7 Å².